The van der Waals surface area contributed by atoms with Crippen molar-refractivity contribution >= 4 is 0 Å². The summed E-state index contributed by atoms with van der Waals surface area (Å²) < 4.78 is 7.89. The second-order valence-corrected chi connectivity index (χ2v) is 4.42. The molecular formula is C12H22N4O. The van der Waals surface area contributed by atoms with Crippen LogP contribution in [0.1, 0.15) is 12.7 Å². The Balaban J connectivity index is 1.90. The van der Waals surface area contributed by atoms with Crippen LogP contribution in [0.3, 0.4) is 0 Å². The predicted molar refractivity (Wildman–Crippen MR) is 66.8 cm³/mol. The van der Waals surface area contributed by atoms with Crippen molar-refractivity contribution in [3.05, 3.63) is 18.2 Å². The van der Waals surface area contributed by atoms with Crippen molar-refractivity contribution < 1.29 is 4.74 Å². The smallest absolute Gasteiger partial charge is 0.122 e. The van der Waals surface area contributed by atoms with Gasteiger partial charge in [-0.3, -0.25) is 4.90 Å². The van der Waals surface area contributed by atoms with Crippen molar-refractivity contribution in [1.29, 1.82) is 0 Å². The van der Waals surface area contributed by atoms with Crippen LogP contribution >= 0.6 is 0 Å². The molecule has 96 valence electrons. The highest BCUT2D eigenvalue weighted by Crippen LogP contribution is 2.09. The van der Waals surface area contributed by atoms with Crippen LogP contribution in [0, 0.1) is 0 Å². The number of hydrogen-bond acceptors (Lipinski definition) is 4. The first-order chi connectivity index (χ1) is 8.33. The van der Waals surface area contributed by atoms with Gasteiger partial charge in [-0.2, -0.15) is 0 Å². The van der Waals surface area contributed by atoms with Gasteiger partial charge in [0.05, 0.1) is 19.3 Å². The Kier molecular flexibility index (Phi) is 4.53. The Labute approximate surface area is 103 Å². The van der Waals surface area contributed by atoms with E-state index in [1.54, 1.807) is 0 Å². The van der Waals surface area contributed by atoms with Gasteiger partial charge >= 0.3 is 0 Å². The van der Waals surface area contributed by atoms with Gasteiger partial charge in [0.15, 0.2) is 0 Å². The van der Waals surface area contributed by atoms with E-state index in [-0.39, 0.29) is 0 Å². The Morgan fingerprint density at radius 2 is 2.47 bits per heavy atom. The molecule has 2 heterocycles. The number of imidazole rings is 1. The topological polar surface area (TPSA) is 42.3 Å². The van der Waals surface area contributed by atoms with Crippen LogP contribution in [0.5, 0.6) is 0 Å². The number of rotatable bonds is 5. The summed E-state index contributed by atoms with van der Waals surface area (Å²) in [6, 6.07) is 0. The first-order valence-corrected chi connectivity index (χ1v) is 6.32. The normalized spacial score (nSPS) is 21.9. The molecular weight excluding hydrogens is 216 g/mol. The van der Waals surface area contributed by atoms with Crippen LogP contribution in [-0.4, -0.2) is 53.8 Å². The Morgan fingerprint density at radius 1 is 1.59 bits per heavy atom. The minimum atomic E-state index is 0.304. The summed E-state index contributed by atoms with van der Waals surface area (Å²) in [7, 11) is 1.96. The minimum Gasteiger partial charge on any atom is -0.374 e. The molecule has 17 heavy (non-hydrogen) atoms. The standard InChI is InChI=1S/C12H22N4O/c1-3-16-5-4-14-12(16)10-15-6-7-17-11(9-15)8-13-2/h4-5,11,13H,3,6-10H2,1-2H3. The number of aromatic nitrogens is 2. The van der Waals surface area contributed by atoms with Gasteiger partial charge in [-0.25, -0.2) is 4.98 Å². The zero-order chi connectivity index (χ0) is 12.1. The van der Waals surface area contributed by atoms with E-state index in [4.69, 9.17) is 4.74 Å². The van der Waals surface area contributed by atoms with Crippen LogP contribution in [0.25, 0.3) is 0 Å². The molecule has 0 aromatic carbocycles. The number of morpholine rings is 1. The van der Waals surface area contributed by atoms with Gasteiger partial charge in [0.25, 0.3) is 0 Å². The molecule has 5 heteroatoms. The van der Waals surface area contributed by atoms with E-state index < -0.39 is 0 Å². The maximum atomic E-state index is 5.69. The van der Waals surface area contributed by atoms with Gasteiger partial charge in [0.2, 0.25) is 0 Å². The maximum absolute atomic E-state index is 5.69. The van der Waals surface area contributed by atoms with Gasteiger partial charge in [0, 0.05) is 38.6 Å². The van der Waals surface area contributed by atoms with Crippen LogP contribution in [0.15, 0.2) is 12.4 Å². The summed E-state index contributed by atoms with van der Waals surface area (Å²) in [5.74, 6) is 1.15. The molecule has 1 N–H and O–H groups in total. The van der Waals surface area contributed by atoms with E-state index in [0.717, 1.165) is 45.2 Å². The molecule has 0 aliphatic carbocycles. The van der Waals surface area contributed by atoms with Crippen molar-refractivity contribution in [3.8, 4) is 0 Å². The Bertz CT molecular complexity index is 337. The maximum Gasteiger partial charge on any atom is 0.122 e. The molecule has 1 fully saturated rings. The number of aryl methyl sites for hydroxylation is 1. The Morgan fingerprint density at radius 3 is 3.24 bits per heavy atom. The van der Waals surface area contributed by atoms with Gasteiger partial charge < -0.3 is 14.6 Å². The lowest BCUT2D eigenvalue weighted by Crippen LogP contribution is -2.46. The molecule has 0 bridgehead atoms. The van der Waals surface area contributed by atoms with Crippen LogP contribution in [-0.2, 0) is 17.8 Å². The van der Waals surface area contributed by atoms with Crippen LogP contribution in [0.2, 0.25) is 0 Å². The van der Waals surface area contributed by atoms with Gasteiger partial charge in [-0.15, -0.1) is 0 Å². The molecule has 1 unspecified atom stereocenters. The van der Waals surface area contributed by atoms with Crippen molar-refractivity contribution in [2.24, 2.45) is 0 Å². The summed E-state index contributed by atoms with van der Waals surface area (Å²) in [6.45, 7) is 7.77. The average molecular weight is 238 g/mol. The van der Waals surface area contributed by atoms with E-state index in [0.29, 0.717) is 6.10 Å². The lowest BCUT2D eigenvalue weighted by atomic mass is 10.2. The third kappa shape index (κ3) is 3.28. The van der Waals surface area contributed by atoms with E-state index in [1.807, 2.05) is 19.4 Å². The second kappa shape index (κ2) is 6.14. The Hall–Kier alpha value is -0.910. The lowest BCUT2D eigenvalue weighted by Gasteiger charge is -2.32. The number of nitrogens with one attached hydrogen (secondary N) is 1. The zero-order valence-electron chi connectivity index (χ0n) is 10.7. The number of hydrogen-bond donors (Lipinski definition) is 1. The molecule has 1 aliphatic rings. The zero-order valence-corrected chi connectivity index (χ0v) is 10.7. The third-order valence-corrected chi connectivity index (χ3v) is 3.16. The highest BCUT2D eigenvalue weighted by molar-refractivity contribution is 4.92. The fourth-order valence-corrected chi connectivity index (χ4v) is 2.25. The minimum absolute atomic E-state index is 0.304. The summed E-state index contributed by atoms with van der Waals surface area (Å²) in [4.78, 5) is 6.83. The number of likely N-dealkylation sites (N-methyl/N-ethyl adjacent to an activating group) is 1. The van der Waals surface area contributed by atoms with Crippen LogP contribution in [0.4, 0.5) is 0 Å². The molecule has 2 rings (SSSR count). The summed E-state index contributed by atoms with van der Waals surface area (Å²) in [5.41, 5.74) is 0. The van der Waals surface area contributed by atoms with E-state index in [2.05, 4.69) is 26.7 Å². The third-order valence-electron chi connectivity index (χ3n) is 3.16. The molecule has 0 amide bonds. The highest BCUT2D eigenvalue weighted by atomic mass is 16.5. The molecule has 5 nitrogen and oxygen atoms in total. The van der Waals surface area contributed by atoms with E-state index >= 15 is 0 Å². The average Bonchev–Trinajstić information content (AvgIpc) is 2.77. The molecule has 1 atom stereocenters. The summed E-state index contributed by atoms with van der Waals surface area (Å²) >= 11 is 0. The monoisotopic (exact) mass is 238 g/mol. The molecule has 1 saturated heterocycles. The van der Waals surface area contributed by atoms with Crippen molar-refractivity contribution in [2.75, 3.05) is 33.3 Å². The van der Waals surface area contributed by atoms with Crippen molar-refractivity contribution in [1.82, 2.24) is 19.8 Å². The highest BCUT2D eigenvalue weighted by Gasteiger charge is 2.20. The number of nitrogens with zero attached hydrogens (tertiary/aromatic N) is 3. The largest absolute Gasteiger partial charge is 0.374 e. The second-order valence-electron chi connectivity index (χ2n) is 4.42. The molecule has 1 aliphatic heterocycles. The van der Waals surface area contributed by atoms with Crippen molar-refractivity contribution in [3.63, 3.8) is 0 Å². The lowest BCUT2D eigenvalue weighted by molar-refractivity contribution is -0.0301. The number of ether oxygens (including phenoxy) is 1. The van der Waals surface area contributed by atoms with E-state index in [1.165, 1.54) is 0 Å². The SMILES string of the molecule is CCn1ccnc1CN1CCOC(CNC)C1. The van der Waals surface area contributed by atoms with Crippen molar-refractivity contribution in [2.45, 2.75) is 26.1 Å². The molecule has 1 aromatic heterocycles. The molecule has 1 aromatic rings. The molecule has 0 radical (unpaired) electrons. The summed E-state index contributed by atoms with van der Waals surface area (Å²) in [6.07, 6.45) is 4.23. The van der Waals surface area contributed by atoms with E-state index in [9.17, 15) is 0 Å². The van der Waals surface area contributed by atoms with Gasteiger partial charge in [-0.1, -0.05) is 0 Å². The van der Waals surface area contributed by atoms with Gasteiger partial charge in [0.1, 0.15) is 5.82 Å². The first-order valence-electron chi connectivity index (χ1n) is 6.32. The predicted octanol–water partition coefficient (Wildman–Crippen LogP) is 0.323. The summed E-state index contributed by atoms with van der Waals surface area (Å²) in [5, 5.41) is 3.17. The van der Waals surface area contributed by atoms with Gasteiger partial charge in [-0.05, 0) is 14.0 Å². The fraction of sp³-hybridized carbons (Fsp3) is 0.750. The fourth-order valence-electron chi connectivity index (χ4n) is 2.25. The first kappa shape index (κ1) is 12.5. The molecule has 0 saturated carbocycles. The van der Waals surface area contributed by atoms with Crippen LogP contribution < -0.4 is 5.32 Å². The quantitative estimate of drug-likeness (QED) is 0.802. The molecule has 0 spiro atoms.